The minimum Gasteiger partial charge on any atom is -0.493 e. The monoisotopic (exact) mass is 331 g/mol. The van der Waals surface area contributed by atoms with Gasteiger partial charge in [-0.2, -0.15) is 0 Å². The van der Waals surface area contributed by atoms with Crippen LogP contribution in [-0.2, 0) is 6.42 Å². The molecule has 2 aromatic carbocycles. The van der Waals surface area contributed by atoms with E-state index in [9.17, 15) is 4.79 Å². The number of ether oxygens (including phenoxy) is 2. The Kier molecular flexibility index (Phi) is 4.18. The summed E-state index contributed by atoms with van der Waals surface area (Å²) in [6, 6.07) is 11.4. The van der Waals surface area contributed by atoms with E-state index < -0.39 is 0 Å². The van der Waals surface area contributed by atoms with Crippen molar-refractivity contribution in [1.29, 1.82) is 0 Å². The maximum atomic E-state index is 13.0. The summed E-state index contributed by atoms with van der Waals surface area (Å²) in [6.07, 6.45) is 0.850. The van der Waals surface area contributed by atoms with Crippen molar-refractivity contribution < 1.29 is 14.3 Å². The summed E-state index contributed by atoms with van der Waals surface area (Å²) < 4.78 is 10.5. The molecule has 0 fully saturated rings. The van der Waals surface area contributed by atoms with E-state index in [1.165, 1.54) is 19.8 Å². The lowest BCUT2D eigenvalue weighted by atomic mass is 10.1. The fourth-order valence-corrected chi connectivity index (χ4v) is 3.34. The van der Waals surface area contributed by atoms with E-state index in [-0.39, 0.29) is 11.9 Å². The van der Waals surface area contributed by atoms with E-state index in [1.54, 1.807) is 12.1 Å². The van der Waals surface area contributed by atoms with Gasteiger partial charge in [0.2, 0.25) is 0 Å². The normalized spacial score (nSPS) is 16.2. The zero-order valence-electron chi connectivity index (χ0n) is 13.3. The zero-order valence-corrected chi connectivity index (χ0v) is 14.1. The quantitative estimate of drug-likeness (QED) is 0.854. The maximum Gasteiger partial charge on any atom is 0.258 e. The summed E-state index contributed by atoms with van der Waals surface area (Å²) in [6.45, 7) is 2.04. The zero-order chi connectivity index (χ0) is 16.6. The van der Waals surface area contributed by atoms with Crippen molar-refractivity contribution in [3.63, 3.8) is 0 Å². The molecule has 0 saturated carbocycles. The topological polar surface area (TPSA) is 38.8 Å². The Balaban J connectivity index is 2.03. The Morgan fingerprint density at radius 3 is 2.65 bits per heavy atom. The molecule has 0 spiro atoms. The summed E-state index contributed by atoms with van der Waals surface area (Å²) in [4.78, 5) is 14.8. The number of benzene rings is 2. The lowest BCUT2D eigenvalue weighted by Crippen LogP contribution is -2.35. The third-order valence-corrected chi connectivity index (χ3v) is 4.39. The molecule has 0 unspecified atom stereocenters. The standard InChI is InChI=1S/C18H18ClNO3/c1-11-8-12-6-4-5-7-15(12)20(11)18(21)13-9-14(19)17(23-3)16(10-13)22-2/h4-7,9-11H,8H2,1-3H3/t11-/m0/s1. The van der Waals surface area contributed by atoms with Crippen LogP contribution in [0.25, 0.3) is 0 Å². The first-order valence-corrected chi connectivity index (χ1v) is 7.77. The van der Waals surface area contributed by atoms with Gasteiger partial charge in [-0.25, -0.2) is 0 Å². The minimum atomic E-state index is -0.0923. The molecule has 0 aromatic heterocycles. The van der Waals surface area contributed by atoms with E-state index in [2.05, 4.69) is 6.07 Å². The molecule has 1 heterocycles. The van der Waals surface area contributed by atoms with E-state index in [0.29, 0.717) is 22.1 Å². The van der Waals surface area contributed by atoms with Crippen molar-refractivity contribution in [2.75, 3.05) is 19.1 Å². The highest BCUT2D eigenvalue weighted by atomic mass is 35.5. The fraction of sp³-hybridized carbons (Fsp3) is 0.278. The number of halogens is 1. The Morgan fingerprint density at radius 2 is 1.96 bits per heavy atom. The number of amides is 1. The second-order valence-corrected chi connectivity index (χ2v) is 5.96. The Labute approximate surface area is 140 Å². The number of methoxy groups -OCH3 is 2. The third kappa shape index (κ3) is 2.63. The van der Waals surface area contributed by atoms with Crippen molar-refractivity contribution in [3.8, 4) is 11.5 Å². The predicted octanol–water partition coefficient (Wildman–Crippen LogP) is 3.95. The average Bonchev–Trinajstić information content (AvgIpc) is 2.89. The van der Waals surface area contributed by atoms with E-state index in [4.69, 9.17) is 21.1 Å². The molecule has 23 heavy (non-hydrogen) atoms. The van der Waals surface area contributed by atoms with E-state index in [1.807, 2.05) is 30.0 Å². The van der Waals surface area contributed by atoms with E-state index >= 15 is 0 Å². The molecule has 2 aromatic rings. The number of hydrogen-bond acceptors (Lipinski definition) is 3. The van der Waals surface area contributed by atoms with Crippen LogP contribution in [-0.4, -0.2) is 26.2 Å². The maximum absolute atomic E-state index is 13.0. The van der Waals surface area contributed by atoms with Crippen LogP contribution in [0.3, 0.4) is 0 Å². The van der Waals surface area contributed by atoms with Crippen LogP contribution in [0.1, 0.15) is 22.8 Å². The summed E-state index contributed by atoms with van der Waals surface area (Å²) in [7, 11) is 3.04. The molecule has 0 aliphatic carbocycles. The lowest BCUT2D eigenvalue weighted by Gasteiger charge is -2.23. The first kappa shape index (κ1) is 15.7. The predicted molar refractivity (Wildman–Crippen MR) is 91.0 cm³/mol. The highest BCUT2D eigenvalue weighted by molar-refractivity contribution is 6.32. The van der Waals surface area contributed by atoms with Gasteiger partial charge in [0.05, 0.1) is 19.2 Å². The van der Waals surface area contributed by atoms with Crippen LogP contribution in [0.5, 0.6) is 11.5 Å². The van der Waals surface area contributed by atoms with Gasteiger partial charge >= 0.3 is 0 Å². The Bertz CT molecular complexity index is 760. The molecule has 1 amide bonds. The highest BCUT2D eigenvalue weighted by Crippen LogP contribution is 2.38. The number of carbonyl (C=O) groups is 1. The first-order chi connectivity index (χ1) is 11.1. The summed E-state index contributed by atoms with van der Waals surface area (Å²) in [5.74, 6) is 0.786. The third-order valence-electron chi connectivity index (χ3n) is 4.11. The second-order valence-electron chi connectivity index (χ2n) is 5.55. The molecule has 1 aliphatic rings. The SMILES string of the molecule is COc1cc(C(=O)N2c3ccccc3C[C@@H]2C)cc(Cl)c1OC. The molecule has 1 atom stereocenters. The van der Waals surface area contributed by atoms with Gasteiger partial charge in [-0.15, -0.1) is 0 Å². The number of para-hydroxylation sites is 1. The molecule has 1 aliphatic heterocycles. The van der Waals surface area contributed by atoms with Gasteiger partial charge in [0.1, 0.15) is 0 Å². The van der Waals surface area contributed by atoms with Crippen molar-refractivity contribution in [2.24, 2.45) is 0 Å². The number of nitrogens with zero attached hydrogens (tertiary/aromatic N) is 1. The average molecular weight is 332 g/mol. The molecule has 0 saturated heterocycles. The molecule has 120 valence electrons. The van der Waals surface area contributed by atoms with Gasteiger partial charge in [-0.05, 0) is 37.1 Å². The number of anilines is 1. The van der Waals surface area contributed by atoms with Gasteiger partial charge < -0.3 is 14.4 Å². The van der Waals surface area contributed by atoms with Crippen molar-refractivity contribution in [3.05, 3.63) is 52.5 Å². The lowest BCUT2D eigenvalue weighted by molar-refractivity contribution is 0.0981. The van der Waals surface area contributed by atoms with Crippen LogP contribution in [0.4, 0.5) is 5.69 Å². The van der Waals surface area contributed by atoms with Crippen molar-refractivity contribution >= 4 is 23.2 Å². The molecular formula is C18H18ClNO3. The van der Waals surface area contributed by atoms with Crippen LogP contribution >= 0.6 is 11.6 Å². The van der Waals surface area contributed by atoms with Gasteiger partial charge in [0, 0.05) is 17.3 Å². The van der Waals surface area contributed by atoms with Crippen LogP contribution in [0, 0.1) is 0 Å². The van der Waals surface area contributed by atoms with Crippen LogP contribution in [0.2, 0.25) is 5.02 Å². The van der Waals surface area contributed by atoms with Gasteiger partial charge in [0.15, 0.2) is 11.5 Å². The molecular weight excluding hydrogens is 314 g/mol. The second kappa shape index (κ2) is 6.13. The number of carbonyl (C=O) groups excluding carboxylic acids is 1. The highest BCUT2D eigenvalue weighted by Gasteiger charge is 2.32. The van der Waals surface area contributed by atoms with Gasteiger partial charge in [-0.3, -0.25) is 4.79 Å². The van der Waals surface area contributed by atoms with E-state index in [0.717, 1.165) is 12.1 Å². The van der Waals surface area contributed by atoms with Gasteiger partial charge in [0.25, 0.3) is 5.91 Å². The molecule has 0 radical (unpaired) electrons. The molecule has 5 heteroatoms. The smallest absolute Gasteiger partial charge is 0.258 e. The summed E-state index contributed by atoms with van der Waals surface area (Å²) in [5, 5.41) is 0.357. The Hall–Kier alpha value is -2.20. The molecule has 4 nitrogen and oxygen atoms in total. The van der Waals surface area contributed by atoms with Gasteiger partial charge in [-0.1, -0.05) is 29.8 Å². The summed E-state index contributed by atoms with van der Waals surface area (Å²) >= 11 is 6.23. The first-order valence-electron chi connectivity index (χ1n) is 7.39. The van der Waals surface area contributed by atoms with Crippen molar-refractivity contribution in [1.82, 2.24) is 0 Å². The summed E-state index contributed by atoms with van der Waals surface area (Å²) in [5.41, 5.74) is 2.62. The number of hydrogen-bond donors (Lipinski definition) is 0. The molecule has 0 bridgehead atoms. The Morgan fingerprint density at radius 1 is 1.22 bits per heavy atom. The fourth-order valence-electron chi connectivity index (χ4n) is 3.06. The number of rotatable bonds is 3. The molecule has 0 N–H and O–H groups in total. The molecule has 3 rings (SSSR count). The largest absolute Gasteiger partial charge is 0.493 e. The minimum absolute atomic E-state index is 0.0923. The number of fused-ring (bicyclic) bond motifs is 1. The van der Waals surface area contributed by atoms with Crippen molar-refractivity contribution in [2.45, 2.75) is 19.4 Å². The van der Waals surface area contributed by atoms with Crippen LogP contribution in [0.15, 0.2) is 36.4 Å². The van der Waals surface area contributed by atoms with Crippen LogP contribution < -0.4 is 14.4 Å².